The fourth-order valence-corrected chi connectivity index (χ4v) is 4.62. The van der Waals surface area contributed by atoms with E-state index in [9.17, 15) is 4.79 Å². The summed E-state index contributed by atoms with van der Waals surface area (Å²) in [5.41, 5.74) is 1.40. The standard InChI is InChI=1S/C25H40N4O3/c1-26-25(29-15-11-23(12-16-29)32-18-6-17-31-2)27-20-24(30)28-13-9-22(10-14-28)19-21-7-4-3-5-8-21/h3-5,7-8,22-23H,6,9-20H2,1-2H3,(H,26,27). The number of guanidine groups is 1. The van der Waals surface area contributed by atoms with E-state index in [0.717, 1.165) is 83.9 Å². The number of methoxy groups -OCH3 is 1. The lowest BCUT2D eigenvalue weighted by Crippen LogP contribution is -2.50. The maximum Gasteiger partial charge on any atom is 0.241 e. The Morgan fingerprint density at radius 1 is 1.03 bits per heavy atom. The van der Waals surface area contributed by atoms with Gasteiger partial charge in [0.25, 0.3) is 0 Å². The van der Waals surface area contributed by atoms with Gasteiger partial charge in [0.1, 0.15) is 0 Å². The molecular weight excluding hydrogens is 404 g/mol. The van der Waals surface area contributed by atoms with Crippen LogP contribution in [-0.4, -0.2) is 87.9 Å². The smallest absolute Gasteiger partial charge is 0.241 e. The van der Waals surface area contributed by atoms with Crippen LogP contribution in [0.3, 0.4) is 0 Å². The number of nitrogens with one attached hydrogen (secondary N) is 1. The van der Waals surface area contributed by atoms with Crippen molar-refractivity contribution in [3.8, 4) is 0 Å². The molecule has 1 N–H and O–H groups in total. The number of benzene rings is 1. The molecule has 2 fully saturated rings. The summed E-state index contributed by atoms with van der Waals surface area (Å²) in [5.74, 6) is 1.65. The number of piperidine rings is 2. The number of hydrogen-bond acceptors (Lipinski definition) is 4. The van der Waals surface area contributed by atoms with Crippen LogP contribution in [0.1, 0.15) is 37.7 Å². The second-order valence-electron chi connectivity index (χ2n) is 8.82. The highest BCUT2D eigenvalue weighted by Gasteiger charge is 2.25. The van der Waals surface area contributed by atoms with Gasteiger partial charge in [0.15, 0.2) is 5.96 Å². The van der Waals surface area contributed by atoms with Gasteiger partial charge in [0.05, 0.1) is 12.6 Å². The lowest BCUT2D eigenvalue weighted by atomic mass is 9.90. The average Bonchev–Trinajstić information content (AvgIpc) is 2.84. The van der Waals surface area contributed by atoms with E-state index in [4.69, 9.17) is 9.47 Å². The maximum absolute atomic E-state index is 12.7. The van der Waals surface area contributed by atoms with E-state index in [1.807, 2.05) is 4.90 Å². The molecule has 7 heteroatoms. The number of amides is 1. The zero-order chi connectivity index (χ0) is 22.6. The molecule has 0 spiro atoms. The third-order valence-corrected chi connectivity index (χ3v) is 6.53. The fraction of sp³-hybridized carbons (Fsp3) is 0.680. The molecule has 0 saturated carbocycles. The second-order valence-corrected chi connectivity index (χ2v) is 8.82. The fourth-order valence-electron chi connectivity index (χ4n) is 4.62. The molecular formula is C25H40N4O3. The lowest BCUT2D eigenvalue weighted by molar-refractivity contribution is -0.131. The first-order valence-corrected chi connectivity index (χ1v) is 12.1. The molecule has 2 saturated heterocycles. The zero-order valence-corrected chi connectivity index (χ0v) is 19.8. The number of aliphatic imine (C=N–C) groups is 1. The third kappa shape index (κ3) is 7.78. The quantitative estimate of drug-likeness (QED) is 0.360. The number of hydrogen-bond donors (Lipinski definition) is 1. The Balaban J connectivity index is 1.33. The van der Waals surface area contributed by atoms with Crippen LogP contribution in [0.2, 0.25) is 0 Å². The van der Waals surface area contributed by atoms with Gasteiger partial charge in [-0.2, -0.15) is 0 Å². The molecule has 1 aromatic rings. The van der Waals surface area contributed by atoms with E-state index in [-0.39, 0.29) is 5.91 Å². The third-order valence-electron chi connectivity index (χ3n) is 6.53. The number of ether oxygens (including phenoxy) is 2. The van der Waals surface area contributed by atoms with Crippen molar-refractivity contribution in [2.75, 3.05) is 60.1 Å². The number of rotatable bonds is 9. The second kappa shape index (κ2) is 13.4. The van der Waals surface area contributed by atoms with Gasteiger partial charge in [-0.15, -0.1) is 0 Å². The molecule has 0 aromatic heterocycles. The highest BCUT2D eigenvalue weighted by atomic mass is 16.5. The largest absolute Gasteiger partial charge is 0.385 e. The summed E-state index contributed by atoms with van der Waals surface area (Å²) in [7, 11) is 3.51. The van der Waals surface area contributed by atoms with Gasteiger partial charge in [-0.25, -0.2) is 0 Å². The summed E-state index contributed by atoms with van der Waals surface area (Å²) in [6, 6.07) is 10.7. The van der Waals surface area contributed by atoms with Crippen molar-refractivity contribution in [3.63, 3.8) is 0 Å². The Hall–Kier alpha value is -2.12. The average molecular weight is 445 g/mol. The van der Waals surface area contributed by atoms with Crippen LogP contribution in [0.5, 0.6) is 0 Å². The number of nitrogens with zero attached hydrogens (tertiary/aromatic N) is 3. The van der Waals surface area contributed by atoms with Crippen molar-refractivity contribution in [2.24, 2.45) is 10.9 Å². The molecule has 2 aliphatic rings. The van der Waals surface area contributed by atoms with Gasteiger partial charge in [0.2, 0.25) is 5.91 Å². The number of likely N-dealkylation sites (tertiary alicyclic amines) is 2. The van der Waals surface area contributed by atoms with Crippen molar-refractivity contribution in [3.05, 3.63) is 35.9 Å². The molecule has 0 atom stereocenters. The molecule has 0 radical (unpaired) electrons. The highest BCUT2D eigenvalue weighted by Crippen LogP contribution is 2.21. The van der Waals surface area contributed by atoms with Crippen molar-refractivity contribution < 1.29 is 14.3 Å². The molecule has 2 aliphatic heterocycles. The van der Waals surface area contributed by atoms with Crippen LogP contribution >= 0.6 is 0 Å². The minimum atomic E-state index is 0.167. The van der Waals surface area contributed by atoms with E-state index < -0.39 is 0 Å². The van der Waals surface area contributed by atoms with Gasteiger partial charge in [-0.1, -0.05) is 30.3 Å². The van der Waals surface area contributed by atoms with Gasteiger partial charge >= 0.3 is 0 Å². The van der Waals surface area contributed by atoms with Crippen molar-refractivity contribution in [2.45, 2.75) is 44.6 Å². The normalized spacial score (nSPS) is 18.8. The van der Waals surface area contributed by atoms with E-state index in [1.165, 1.54) is 5.56 Å². The molecule has 178 valence electrons. The summed E-state index contributed by atoms with van der Waals surface area (Å²) >= 11 is 0. The molecule has 3 rings (SSSR count). The van der Waals surface area contributed by atoms with Crippen molar-refractivity contribution >= 4 is 11.9 Å². The maximum atomic E-state index is 12.7. The Kier molecular flexibility index (Phi) is 10.3. The Bertz CT molecular complexity index is 696. The van der Waals surface area contributed by atoms with Gasteiger partial charge in [0, 0.05) is 53.6 Å². The Morgan fingerprint density at radius 3 is 2.38 bits per heavy atom. The van der Waals surface area contributed by atoms with E-state index in [2.05, 4.69) is 45.5 Å². The van der Waals surface area contributed by atoms with Gasteiger partial charge in [-0.05, 0) is 50.0 Å². The van der Waals surface area contributed by atoms with Crippen LogP contribution in [0.25, 0.3) is 0 Å². The molecule has 0 aliphatic carbocycles. The van der Waals surface area contributed by atoms with E-state index in [1.54, 1.807) is 14.2 Å². The minimum Gasteiger partial charge on any atom is -0.385 e. The topological polar surface area (TPSA) is 66.4 Å². The monoisotopic (exact) mass is 444 g/mol. The first-order valence-electron chi connectivity index (χ1n) is 12.1. The Labute approximate surface area is 193 Å². The highest BCUT2D eigenvalue weighted by molar-refractivity contribution is 5.86. The predicted molar refractivity (Wildman–Crippen MR) is 128 cm³/mol. The summed E-state index contributed by atoms with van der Waals surface area (Å²) in [4.78, 5) is 21.4. The molecule has 32 heavy (non-hydrogen) atoms. The molecule has 2 heterocycles. The van der Waals surface area contributed by atoms with Gasteiger partial charge in [-0.3, -0.25) is 9.79 Å². The van der Waals surface area contributed by atoms with Crippen LogP contribution in [-0.2, 0) is 20.7 Å². The molecule has 0 bridgehead atoms. The van der Waals surface area contributed by atoms with Crippen LogP contribution in [0, 0.1) is 5.92 Å². The van der Waals surface area contributed by atoms with Crippen molar-refractivity contribution in [1.82, 2.24) is 15.1 Å². The summed E-state index contributed by atoms with van der Waals surface area (Å²) in [5, 5.41) is 3.29. The van der Waals surface area contributed by atoms with E-state index in [0.29, 0.717) is 18.6 Å². The predicted octanol–water partition coefficient (Wildman–Crippen LogP) is 2.56. The van der Waals surface area contributed by atoms with Gasteiger partial charge < -0.3 is 24.6 Å². The van der Waals surface area contributed by atoms with E-state index >= 15 is 0 Å². The lowest BCUT2D eigenvalue weighted by Gasteiger charge is -2.35. The first-order chi connectivity index (χ1) is 15.7. The van der Waals surface area contributed by atoms with Crippen LogP contribution < -0.4 is 5.32 Å². The first kappa shape index (κ1) is 24.5. The summed E-state index contributed by atoms with van der Waals surface area (Å²) in [6.07, 6.45) is 6.47. The zero-order valence-electron chi connectivity index (χ0n) is 19.8. The van der Waals surface area contributed by atoms with Crippen molar-refractivity contribution in [1.29, 1.82) is 0 Å². The molecule has 7 nitrogen and oxygen atoms in total. The molecule has 1 aromatic carbocycles. The Morgan fingerprint density at radius 2 is 1.72 bits per heavy atom. The van der Waals surface area contributed by atoms with Crippen LogP contribution in [0.4, 0.5) is 0 Å². The minimum absolute atomic E-state index is 0.167. The summed E-state index contributed by atoms with van der Waals surface area (Å²) in [6.45, 7) is 5.30. The molecule has 1 amide bonds. The summed E-state index contributed by atoms with van der Waals surface area (Å²) < 4.78 is 11.0. The number of carbonyl (C=O) groups is 1. The number of carbonyl (C=O) groups excluding carboxylic acids is 1. The molecule has 0 unspecified atom stereocenters. The SMILES string of the molecule is CN=C(NCC(=O)N1CCC(Cc2ccccc2)CC1)N1CCC(OCCCOC)CC1. The van der Waals surface area contributed by atoms with Crippen LogP contribution in [0.15, 0.2) is 35.3 Å².